The zero-order chi connectivity index (χ0) is 53.8. The van der Waals surface area contributed by atoms with Crippen molar-refractivity contribution in [1.82, 2.24) is 47.9 Å². The van der Waals surface area contributed by atoms with Crippen LogP contribution in [0, 0.1) is 0 Å². The summed E-state index contributed by atoms with van der Waals surface area (Å²) in [6, 6.07) is -7.58. The SMILES string of the molecule is CCCCCCCCCCCCNC(=O)[C@@H]1CC(=O)N[C@H](CO)C(=O)N[C@H](Cc2ccc(O)cc2)C(=O)N[C@H](CC(N)=O)C(=O)NCC(=O)N[C@@H](CC(N)=O)C(=O)N[C@@H](CO)C(=O)N[C@@H](CC(N)=O)C(=O)N1. The molecule has 18 N–H and O–H groups in total. The number of unbranched alkanes of at least 4 members (excludes halogenated alkanes) is 9. The molecule has 400 valence electrons. The van der Waals surface area contributed by atoms with Crippen molar-refractivity contribution in [1.29, 1.82) is 0 Å². The minimum absolute atomic E-state index is 0.0912. The van der Waals surface area contributed by atoms with Crippen LogP contribution in [-0.2, 0) is 64.0 Å². The lowest BCUT2D eigenvalue weighted by molar-refractivity contribution is -0.137. The number of hydrogen-bond donors (Lipinski definition) is 15. The standard InChI is InChI=1S/C45H70N12O15/c1-2-3-4-5-6-7-8-9-10-11-16-49-39(66)31-21-37(64)52-32(23-58)44(71)53-27(17-25-12-14-26(60)15-13-25)41(68)54-28(18-34(46)61)40(67)50-22-38(65)51-29(19-35(47)62)42(69)57-33(24-59)45(72)55-30(20-36(48)63)43(70)56-31/h12-15,27-33,58-60H,2-11,16-24H2,1H3,(H2,46,61)(H2,47,62)(H2,48,63)(H,49,66)(H,50,67)(H,51,65)(H,52,64)(H,53,71)(H,54,68)(H,55,72)(H,56,70)(H,57,69)/t27-,28-,29+,30+,31+,32-,33+/m1/s1. The molecule has 7 atom stereocenters. The number of aromatic hydroxyl groups is 1. The highest BCUT2D eigenvalue weighted by atomic mass is 16.3. The van der Waals surface area contributed by atoms with Gasteiger partial charge in [-0.15, -0.1) is 0 Å². The third-order valence-corrected chi connectivity index (χ3v) is 11.1. The van der Waals surface area contributed by atoms with Crippen molar-refractivity contribution in [3.8, 4) is 5.75 Å². The summed E-state index contributed by atoms with van der Waals surface area (Å²) in [7, 11) is 0. The molecule has 1 fully saturated rings. The van der Waals surface area contributed by atoms with E-state index in [1.165, 1.54) is 37.1 Å². The van der Waals surface area contributed by atoms with Crippen molar-refractivity contribution in [2.45, 2.75) is 146 Å². The molecule has 0 radical (unpaired) electrons. The Morgan fingerprint density at radius 2 is 0.931 bits per heavy atom. The lowest BCUT2D eigenvalue weighted by Crippen LogP contribution is -2.60. The lowest BCUT2D eigenvalue weighted by Gasteiger charge is -2.26. The van der Waals surface area contributed by atoms with Crippen molar-refractivity contribution in [2.75, 3.05) is 26.3 Å². The molecule has 0 aliphatic carbocycles. The van der Waals surface area contributed by atoms with Crippen LogP contribution in [0.15, 0.2) is 24.3 Å². The predicted molar refractivity (Wildman–Crippen MR) is 253 cm³/mol. The van der Waals surface area contributed by atoms with Gasteiger partial charge in [-0.25, -0.2) is 0 Å². The smallest absolute Gasteiger partial charge is 0.245 e. The second-order valence-electron chi connectivity index (χ2n) is 17.2. The Bertz CT molecular complexity index is 2060. The van der Waals surface area contributed by atoms with E-state index in [4.69, 9.17) is 17.2 Å². The molecule has 0 bridgehead atoms. The molecular formula is C45H70N12O15. The molecule has 0 spiro atoms. The minimum atomic E-state index is -1.95. The van der Waals surface area contributed by atoms with Gasteiger partial charge >= 0.3 is 0 Å². The van der Waals surface area contributed by atoms with Crippen LogP contribution in [0.25, 0.3) is 0 Å². The van der Waals surface area contributed by atoms with E-state index in [1.54, 1.807) is 0 Å². The Labute approximate surface area is 415 Å². The fourth-order valence-corrected chi connectivity index (χ4v) is 7.19. The van der Waals surface area contributed by atoms with Crippen LogP contribution in [0.4, 0.5) is 0 Å². The molecule has 1 aromatic carbocycles. The summed E-state index contributed by atoms with van der Waals surface area (Å²) in [5, 5.41) is 50.3. The maximum atomic E-state index is 13.9. The molecule has 0 saturated carbocycles. The summed E-state index contributed by atoms with van der Waals surface area (Å²) in [6.45, 7) is -1.03. The summed E-state index contributed by atoms with van der Waals surface area (Å²) in [5.41, 5.74) is 16.3. The van der Waals surface area contributed by atoms with Gasteiger partial charge in [-0.3, -0.25) is 57.5 Å². The molecule has 1 aliphatic rings. The van der Waals surface area contributed by atoms with E-state index in [2.05, 4.69) is 54.8 Å². The van der Waals surface area contributed by atoms with Crippen LogP contribution >= 0.6 is 0 Å². The van der Waals surface area contributed by atoms with Crippen molar-refractivity contribution in [3.05, 3.63) is 29.8 Å². The molecule has 72 heavy (non-hydrogen) atoms. The summed E-state index contributed by atoms with van der Waals surface area (Å²) in [5.74, 6) is -14.2. The lowest BCUT2D eigenvalue weighted by atomic mass is 10.0. The first-order valence-electron chi connectivity index (χ1n) is 23.7. The molecule has 27 nitrogen and oxygen atoms in total. The number of hydrogen-bond acceptors (Lipinski definition) is 15. The molecule has 1 aromatic rings. The predicted octanol–water partition coefficient (Wildman–Crippen LogP) is -5.50. The fraction of sp³-hybridized carbons (Fsp3) is 0.600. The topological polar surface area (TPSA) is 452 Å². The quantitative estimate of drug-likeness (QED) is 0.0482. The van der Waals surface area contributed by atoms with E-state index >= 15 is 0 Å². The van der Waals surface area contributed by atoms with Crippen molar-refractivity contribution < 1.29 is 72.9 Å². The second kappa shape index (κ2) is 32.5. The average Bonchev–Trinajstić information content (AvgIpc) is 3.31. The molecule has 2 rings (SSSR count). The monoisotopic (exact) mass is 1020 g/mol. The number of aliphatic hydroxyl groups excluding tert-OH is 2. The van der Waals surface area contributed by atoms with Gasteiger partial charge in [0.1, 0.15) is 48.0 Å². The summed E-state index contributed by atoms with van der Waals surface area (Å²) >= 11 is 0. The fourth-order valence-electron chi connectivity index (χ4n) is 7.19. The zero-order valence-corrected chi connectivity index (χ0v) is 40.3. The van der Waals surface area contributed by atoms with Crippen molar-refractivity contribution in [2.24, 2.45) is 17.2 Å². The van der Waals surface area contributed by atoms with Gasteiger partial charge in [-0.05, 0) is 24.1 Å². The van der Waals surface area contributed by atoms with Crippen LogP contribution in [0.1, 0.15) is 102 Å². The zero-order valence-electron chi connectivity index (χ0n) is 40.3. The number of phenolic OH excluding ortho intramolecular Hbond substituents is 1. The number of carbonyl (C=O) groups excluding carboxylic acids is 12. The molecule has 0 unspecified atom stereocenters. The van der Waals surface area contributed by atoms with Gasteiger partial charge in [-0.1, -0.05) is 76.8 Å². The van der Waals surface area contributed by atoms with Gasteiger partial charge in [0.05, 0.1) is 45.4 Å². The number of rotatable bonds is 22. The maximum Gasteiger partial charge on any atom is 0.245 e. The van der Waals surface area contributed by atoms with E-state index in [0.29, 0.717) is 12.0 Å². The Morgan fingerprint density at radius 3 is 1.44 bits per heavy atom. The maximum absolute atomic E-state index is 13.9. The minimum Gasteiger partial charge on any atom is -0.508 e. The van der Waals surface area contributed by atoms with Crippen LogP contribution in [0.5, 0.6) is 5.75 Å². The number of nitrogens with two attached hydrogens (primary N) is 3. The number of amides is 12. The van der Waals surface area contributed by atoms with Gasteiger partial charge in [0.25, 0.3) is 0 Å². The molecule has 0 aromatic heterocycles. The van der Waals surface area contributed by atoms with Crippen LogP contribution in [-0.4, -0.2) is 155 Å². The summed E-state index contributed by atoms with van der Waals surface area (Å²) < 4.78 is 0. The van der Waals surface area contributed by atoms with Crippen LogP contribution < -0.4 is 65.1 Å². The molecule has 12 amide bonds. The van der Waals surface area contributed by atoms with Crippen LogP contribution in [0.3, 0.4) is 0 Å². The first kappa shape index (κ1) is 60.7. The Kier molecular flexibility index (Phi) is 27.4. The van der Waals surface area contributed by atoms with Crippen molar-refractivity contribution in [3.63, 3.8) is 0 Å². The second-order valence-corrected chi connectivity index (χ2v) is 17.2. The molecule has 27 heteroatoms. The van der Waals surface area contributed by atoms with Crippen molar-refractivity contribution >= 4 is 70.9 Å². The highest BCUT2D eigenvalue weighted by Gasteiger charge is 2.35. The normalized spacial score (nSPS) is 22.4. The Balaban J connectivity index is 2.58. The highest BCUT2D eigenvalue weighted by molar-refractivity contribution is 6.00. The van der Waals surface area contributed by atoms with E-state index in [0.717, 1.165) is 44.9 Å². The van der Waals surface area contributed by atoms with Gasteiger partial charge in [0, 0.05) is 13.0 Å². The third kappa shape index (κ3) is 23.5. The third-order valence-electron chi connectivity index (χ3n) is 11.1. The number of phenols is 1. The first-order chi connectivity index (χ1) is 34.2. The van der Waals surface area contributed by atoms with E-state index < -0.39 is 159 Å². The number of carbonyl (C=O) groups is 12. The largest absolute Gasteiger partial charge is 0.508 e. The first-order valence-corrected chi connectivity index (χ1v) is 23.7. The number of primary amides is 3. The Morgan fingerprint density at radius 1 is 0.528 bits per heavy atom. The molecule has 1 saturated heterocycles. The summed E-state index contributed by atoms with van der Waals surface area (Å²) in [4.78, 5) is 158. The van der Waals surface area contributed by atoms with E-state index in [9.17, 15) is 72.9 Å². The van der Waals surface area contributed by atoms with Crippen LogP contribution in [0.2, 0.25) is 0 Å². The van der Waals surface area contributed by atoms with E-state index in [1.807, 2.05) is 0 Å². The summed E-state index contributed by atoms with van der Waals surface area (Å²) in [6.07, 6.45) is 5.91. The van der Waals surface area contributed by atoms with E-state index in [-0.39, 0.29) is 18.7 Å². The number of benzene rings is 1. The van der Waals surface area contributed by atoms with Gasteiger partial charge in [0.15, 0.2) is 0 Å². The van der Waals surface area contributed by atoms with Gasteiger partial charge in [-0.2, -0.15) is 0 Å². The Hall–Kier alpha value is -7.42. The van der Waals surface area contributed by atoms with Gasteiger partial charge < -0.3 is 80.4 Å². The number of nitrogens with one attached hydrogen (secondary N) is 9. The average molecular weight is 1020 g/mol. The molecule has 1 aliphatic heterocycles. The highest BCUT2D eigenvalue weighted by Crippen LogP contribution is 2.13. The molecular weight excluding hydrogens is 949 g/mol. The molecule has 1 heterocycles. The van der Waals surface area contributed by atoms with Gasteiger partial charge in [0.2, 0.25) is 70.9 Å². The number of aliphatic hydroxyl groups is 2.